The summed E-state index contributed by atoms with van der Waals surface area (Å²) in [5, 5.41) is 21.2. The van der Waals surface area contributed by atoms with E-state index < -0.39 is 6.12 Å². The standard InChI is InChI=1S/C14H15O4PS2.Na/c1-9-3-5-11(7-13(9)15)17-19(20,21)18-12-6-4-10(2)14(16)8-12;/h3-8,15-16H,1-2H3,(H,20,21);/q;+1/p-1. The van der Waals surface area contributed by atoms with Gasteiger partial charge in [-0.05, 0) is 37.6 Å². The zero-order valence-corrected chi connectivity index (χ0v) is 17.0. The number of thiol groups is 1. The Kier molecular flexibility index (Phi) is 7.24. The van der Waals surface area contributed by atoms with Crippen molar-refractivity contribution >= 4 is 30.6 Å². The van der Waals surface area contributed by atoms with Crippen LogP contribution in [0.25, 0.3) is 0 Å². The van der Waals surface area contributed by atoms with Gasteiger partial charge in [0, 0.05) is 6.07 Å². The van der Waals surface area contributed by atoms with Crippen molar-refractivity contribution in [2.75, 3.05) is 0 Å². The second-order valence-corrected chi connectivity index (χ2v) is 9.66. The maximum atomic E-state index is 11.6. The first-order chi connectivity index (χ1) is 9.77. The molecule has 2 aromatic carbocycles. The maximum Gasteiger partial charge on any atom is 1.00 e. The molecule has 0 saturated heterocycles. The van der Waals surface area contributed by atoms with E-state index in [-0.39, 0.29) is 41.1 Å². The normalized spacial score (nSPS) is 12.9. The summed E-state index contributed by atoms with van der Waals surface area (Å²) in [6.45, 7) is 3.49. The Balaban J connectivity index is 0.00000242. The number of phenolic OH excluding ortho intramolecular Hbond substituents is 1. The fraction of sp³-hybridized carbons (Fsp3) is 0.143. The summed E-state index contributed by atoms with van der Waals surface area (Å²) in [6, 6.07) is 9.47. The topological polar surface area (TPSA) is 61.8 Å². The average molecular weight is 364 g/mol. The number of benzene rings is 2. The molecule has 0 fully saturated rings. The smallest absolute Gasteiger partial charge is 0.872 e. The molecule has 0 aromatic heterocycles. The Hall–Kier alpha value is -0.230. The number of phenols is 1. The molecule has 22 heavy (non-hydrogen) atoms. The third-order valence-electron chi connectivity index (χ3n) is 2.78. The molecule has 0 aliphatic heterocycles. The van der Waals surface area contributed by atoms with Crippen LogP contribution in [0.1, 0.15) is 11.1 Å². The summed E-state index contributed by atoms with van der Waals surface area (Å²) >= 11 is 9.43. The molecular formula is C14H14NaO4PS2. The van der Waals surface area contributed by atoms with Gasteiger partial charge in [-0.25, -0.2) is 0 Å². The molecule has 0 amide bonds. The van der Waals surface area contributed by atoms with Crippen LogP contribution in [-0.2, 0) is 12.2 Å². The summed E-state index contributed by atoms with van der Waals surface area (Å²) in [5.41, 5.74) is 1.35. The van der Waals surface area contributed by atoms with Gasteiger partial charge in [0.25, 0.3) is 0 Å². The average Bonchev–Trinajstić information content (AvgIpc) is 2.37. The Labute approximate surface area is 163 Å². The van der Waals surface area contributed by atoms with Crippen LogP contribution in [0.5, 0.6) is 23.0 Å². The van der Waals surface area contributed by atoms with E-state index in [1.165, 1.54) is 12.1 Å². The van der Waals surface area contributed by atoms with Crippen molar-refractivity contribution in [1.82, 2.24) is 0 Å². The van der Waals surface area contributed by atoms with Crippen molar-refractivity contribution in [2.45, 2.75) is 13.8 Å². The summed E-state index contributed by atoms with van der Waals surface area (Å²) in [7, 11) is 0. The molecule has 0 heterocycles. The van der Waals surface area contributed by atoms with Crippen molar-refractivity contribution < 1.29 is 48.8 Å². The van der Waals surface area contributed by atoms with E-state index in [4.69, 9.17) is 21.3 Å². The molecule has 0 saturated carbocycles. The number of aryl methyl sites for hydroxylation is 2. The number of aromatic hydroxyl groups is 1. The van der Waals surface area contributed by atoms with E-state index in [1.807, 2.05) is 0 Å². The molecule has 1 atom stereocenters. The summed E-state index contributed by atoms with van der Waals surface area (Å²) in [6.07, 6.45) is -2.93. The molecule has 1 N–H and O–H groups in total. The van der Waals surface area contributed by atoms with E-state index in [0.29, 0.717) is 17.1 Å². The van der Waals surface area contributed by atoms with Crippen molar-refractivity contribution in [2.24, 2.45) is 0 Å². The monoisotopic (exact) mass is 364 g/mol. The third-order valence-corrected chi connectivity index (χ3v) is 4.60. The van der Waals surface area contributed by atoms with Crippen LogP contribution in [0.4, 0.5) is 0 Å². The Morgan fingerprint density at radius 2 is 1.55 bits per heavy atom. The van der Waals surface area contributed by atoms with E-state index in [9.17, 15) is 10.2 Å². The molecule has 2 aromatic rings. The van der Waals surface area contributed by atoms with E-state index >= 15 is 0 Å². The van der Waals surface area contributed by atoms with Crippen LogP contribution in [0.2, 0.25) is 0 Å². The van der Waals surface area contributed by atoms with E-state index in [1.54, 1.807) is 38.1 Å². The third kappa shape index (κ3) is 5.44. The Morgan fingerprint density at radius 1 is 1.05 bits per heavy atom. The Morgan fingerprint density at radius 3 is 2.05 bits per heavy atom. The first-order valence-corrected chi connectivity index (χ1v) is 9.85. The van der Waals surface area contributed by atoms with Crippen LogP contribution < -0.4 is 43.7 Å². The Bertz CT molecular complexity index is 612. The van der Waals surface area contributed by atoms with Gasteiger partial charge in [-0.2, -0.15) is 0 Å². The SMILES string of the molecule is Cc1ccc(O[P+]([S-])(S)Oc2ccc(C)c(O)c2)cc1[O-].[Na+]. The summed E-state index contributed by atoms with van der Waals surface area (Å²) in [4.78, 5) is 0. The van der Waals surface area contributed by atoms with Gasteiger partial charge in [0.05, 0.1) is 12.2 Å². The van der Waals surface area contributed by atoms with E-state index in [2.05, 4.69) is 12.2 Å². The zero-order chi connectivity index (χ0) is 15.6. The molecule has 8 heteroatoms. The number of hydrogen-bond acceptors (Lipinski definition) is 6. The molecule has 0 spiro atoms. The quantitative estimate of drug-likeness (QED) is 0.362. The van der Waals surface area contributed by atoms with Crippen LogP contribution in [0.3, 0.4) is 0 Å². The molecule has 2 rings (SSSR count). The van der Waals surface area contributed by atoms with Gasteiger partial charge in [-0.3, -0.25) is 0 Å². The minimum atomic E-state index is -2.93. The predicted molar refractivity (Wildman–Crippen MR) is 88.0 cm³/mol. The first-order valence-electron chi connectivity index (χ1n) is 6.06. The van der Waals surface area contributed by atoms with Gasteiger partial charge in [-0.1, -0.05) is 17.7 Å². The minimum absolute atomic E-state index is 0. The van der Waals surface area contributed by atoms with Gasteiger partial charge in [0.2, 0.25) is 0 Å². The van der Waals surface area contributed by atoms with Crippen LogP contribution in [0.15, 0.2) is 36.4 Å². The predicted octanol–water partition coefficient (Wildman–Crippen LogP) is 0.699. The maximum absolute atomic E-state index is 11.6. The molecule has 0 aliphatic rings. The largest absolute Gasteiger partial charge is 1.00 e. The molecule has 0 aliphatic carbocycles. The molecule has 0 radical (unpaired) electrons. The number of hydrogen-bond donors (Lipinski definition) is 2. The van der Waals surface area contributed by atoms with E-state index in [0.717, 1.165) is 5.56 Å². The van der Waals surface area contributed by atoms with Crippen molar-refractivity contribution in [3.05, 3.63) is 47.5 Å². The summed E-state index contributed by atoms with van der Waals surface area (Å²) < 4.78 is 11.0. The van der Waals surface area contributed by atoms with Crippen LogP contribution >= 0.6 is 18.4 Å². The summed E-state index contributed by atoms with van der Waals surface area (Å²) in [5.74, 6) is 0.656. The second kappa shape index (κ2) is 8.04. The van der Waals surface area contributed by atoms with Gasteiger partial charge in [0.1, 0.15) is 5.75 Å². The molecule has 112 valence electrons. The van der Waals surface area contributed by atoms with Gasteiger partial charge in [-0.15, -0.1) is 5.75 Å². The van der Waals surface area contributed by atoms with Crippen molar-refractivity contribution in [1.29, 1.82) is 0 Å². The fourth-order valence-electron chi connectivity index (χ4n) is 1.57. The van der Waals surface area contributed by atoms with Crippen molar-refractivity contribution in [3.63, 3.8) is 0 Å². The molecular weight excluding hydrogens is 350 g/mol. The minimum Gasteiger partial charge on any atom is -0.872 e. The molecule has 4 nitrogen and oxygen atoms in total. The van der Waals surface area contributed by atoms with Crippen LogP contribution in [-0.4, -0.2) is 5.11 Å². The van der Waals surface area contributed by atoms with Gasteiger partial charge in [0.15, 0.2) is 11.5 Å². The van der Waals surface area contributed by atoms with Crippen molar-refractivity contribution in [3.8, 4) is 23.0 Å². The zero-order valence-electron chi connectivity index (χ0n) is 12.4. The first kappa shape index (κ1) is 19.8. The molecule has 1 unspecified atom stereocenters. The van der Waals surface area contributed by atoms with Gasteiger partial charge < -0.3 is 31.5 Å². The number of rotatable bonds is 4. The second-order valence-electron chi connectivity index (χ2n) is 4.53. The fourth-order valence-corrected chi connectivity index (χ4v) is 3.45. The van der Waals surface area contributed by atoms with Crippen LogP contribution in [0, 0.1) is 13.8 Å². The van der Waals surface area contributed by atoms with Gasteiger partial charge >= 0.3 is 35.7 Å². The molecule has 0 bridgehead atoms.